The van der Waals surface area contributed by atoms with Crippen LogP contribution in [0.2, 0.25) is 5.02 Å². The van der Waals surface area contributed by atoms with Gasteiger partial charge in [-0.1, -0.05) is 30.3 Å². The standard InChI is InChI=1S/C33H37ClN6O5/c1-5-29(41)37-24-8-6-22(7-9-24)10-12-40-31-23(19-36-33(38-31)35-11-13-39-14-15-45-21(2)20-39)16-27(32(40)42)26-17-25(43-3)18-28(44-4)30(26)34/h5-9,16-19,21H,1,10-15,20H2,2-4H3,(H,37,41)(H,35,36,38)/t21-/m1/s1. The number of benzene rings is 2. The molecule has 0 bridgehead atoms. The molecule has 2 aromatic carbocycles. The third-order valence-electron chi connectivity index (χ3n) is 7.65. The van der Waals surface area contributed by atoms with Gasteiger partial charge in [-0.05, 0) is 49.2 Å². The monoisotopic (exact) mass is 632 g/mol. The lowest BCUT2D eigenvalue weighted by Crippen LogP contribution is -2.43. The van der Waals surface area contributed by atoms with Crippen LogP contribution in [0.4, 0.5) is 11.6 Å². The van der Waals surface area contributed by atoms with Gasteiger partial charge >= 0.3 is 0 Å². The Balaban J connectivity index is 1.49. The number of anilines is 2. The molecule has 12 heteroatoms. The molecule has 0 spiro atoms. The number of hydrogen-bond donors (Lipinski definition) is 2. The van der Waals surface area contributed by atoms with E-state index in [1.807, 2.05) is 24.3 Å². The van der Waals surface area contributed by atoms with Gasteiger partial charge in [0.1, 0.15) is 17.1 Å². The fraction of sp³-hybridized carbons (Fsp3) is 0.333. The average Bonchev–Trinajstić information content (AvgIpc) is 3.05. The summed E-state index contributed by atoms with van der Waals surface area (Å²) in [5, 5.41) is 7.04. The second-order valence-corrected chi connectivity index (χ2v) is 11.1. The fourth-order valence-corrected chi connectivity index (χ4v) is 5.58. The Kier molecular flexibility index (Phi) is 10.3. The number of amides is 1. The van der Waals surface area contributed by atoms with Gasteiger partial charge in [-0.15, -0.1) is 0 Å². The zero-order valence-electron chi connectivity index (χ0n) is 25.6. The van der Waals surface area contributed by atoms with Gasteiger partial charge in [0.15, 0.2) is 0 Å². The highest BCUT2D eigenvalue weighted by molar-refractivity contribution is 6.35. The molecule has 1 aliphatic rings. The van der Waals surface area contributed by atoms with Crippen molar-refractivity contribution in [2.75, 3.05) is 57.6 Å². The molecule has 2 N–H and O–H groups in total. The first-order chi connectivity index (χ1) is 21.8. The minimum Gasteiger partial charge on any atom is -0.497 e. The molecule has 45 heavy (non-hydrogen) atoms. The highest BCUT2D eigenvalue weighted by Gasteiger charge is 2.20. The molecule has 3 heterocycles. The Labute approximate surface area is 266 Å². The summed E-state index contributed by atoms with van der Waals surface area (Å²) < 4.78 is 18.2. The van der Waals surface area contributed by atoms with Gasteiger partial charge < -0.3 is 24.8 Å². The number of carbonyl (C=O) groups is 1. The Hall–Kier alpha value is -4.45. The molecule has 1 fully saturated rings. The lowest BCUT2D eigenvalue weighted by molar-refractivity contribution is -0.111. The fourth-order valence-electron chi connectivity index (χ4n) is 5.29. The number of halogens is 1. The van der Waals surface area contributed by atoms with Crippen LogP contribution in [0, 0.1) is 0 Å². The van der Waals surface area contributed by atoms with E-state index in [-0.39, 0.29) is 17.6 Å². The highest BCUT2D eigenvalue weighted by Crippen LogP contribution is 2.38. The van der Waals surface area contributed by atoms with Gasteiger partial charge in [-0.2, -0.15) is 4.98 Å². The number of nitrogens with zero attached hydrogens (tertiary/aromatic N) is 4. The zero-order chi connectivity index (χ0) is 31.9. The number of aryl methyl sites for hydroxylation is 2. The quantitative estimate of drug-likeness (QED) is 0.215. The maximum Gasteiger partial charge on any atom is 0.260 e. The predicted octanol–water partition coefficient (Wildman–Crippen LogP) is 4.63. The molecule has 1 aliphatic heterocycles. The van der Waals surface area contributed by atoms with E-state index in [2.05, 4.69) is 34.0 Å². The number of hydrogen-bond acceptors (Lipinski definition) is 9. The van der Waals surface area contributed by atoms with E-state index in [4.69, 9.17) is 30.8 Å². The lowest BCUT2D eigenvalue weighted by atomic mass is 10.0. The van der Waals surface area contributed by atoms with E-state index in [1.54, 1.807) is 36.1 Å². The van der Waals surface area contributed by atoms with E-state index in [0.717, 1.165) is 31.8 Å². The normalized spacial score (nSPS) is 15.1. The van der Waals surface area contributed by atoms with Crippen LogP contribution in [0.3, 0.4) is 0 Å². The van der Waals surface area contributed by atoms with Gasteiger partial charge in [0.2, 0.25) is 11.9 Å². The molecule has 0 unspecified atom stereocenters. The van der Waals surface area contributed by atoms with E-state index in [9.17, 15) is 9.59 Å². The third-order valence-corrected chi connectivity index (χ3v) is 8.04. The Morgan fingerprint density at radius 2 is 1.96 bits per heavy atom. The zero-order valence-corrected chi connectivity index (χ0v) is 26.4. The summed E-state index contributed by atoms with van der Waals surface area (Å²) >= 11 is 6.72. The number of aromatic nitrogens is 3. The molecule has 0 radical (unpaired) electrons. The first kappa shape index (κ1) is 32.0. The number of ether oxygens (including phenoxy) is 3. The molecule has 1 atom stereocenters. The predicted molar refractivity (Wildman–Crippen MR) is 177 cm³/mol. The molecular weight excluding hydrogens is 596 g/mol. The third kappa shape index (κ3) is 7.62. The van der Waals surface area contributed by atoms with Gasteiger partial charge in [0.25, 0.3) is 5.56 Å². The van der Waals surface area contributed by atoms with E-state index in [1.165, 1.54) is 13.2 Å². The number of morpholine rings is 1. The molecule has 1 saturated heterocycles. The summed E-state index contributed by atoms with van der Waals surface area (Å²) in [6.07, 6.45) is 3.67. The lowest BCUT2D eigenvalue weighted by Gasteiger charge is -2.30. The van der Waals surface area contributed by atoms with E-state index < -0.39 is 0 Å². The van der Waals surface area contributed by atoms with Gasteiger partial charge in [-0.25, -0.2) is 4.98 Å². The van der Waals surface area contributed by atoms with Crippen molar-refractivity contribution in [1.29, 1.82) is 0 Å². The molecule has 1 amide bonds. The summed E-state index contributed by atoms with van der Waals surface area (Å²) in [6, 6.07) is 12.6. The Bertz CT molecular complexity index is 1740. The van der Waals surface area contributed by atoms with Crippen molar-refractivity contribution in [2.24, 2.45) is 0 Å². The van der Waals surface area contributed by atoms with E-state index in [0.29, 0.717) is 69.8 Å². The maximum absolute atomic E-state index is 14.2. The number of methoxy groups -OCH3 is 2. The van der Waals surface area contributed by atoms with Gasteiger partial charge in [0, 0.05) is 67.2 Å². The highest BCUT2D eigenvalue weighted by atomic mass is 35.5. The van der Waals surface area contributed by atoms with Crippen molar-refractivity contribution in [2.45, 2.75) is 26.0 Å². The number of pyridine rings is 1. The summed E-state index contributed by atoms with van der Waals surface area (Å²) in [5.74, 6) is 1.06. The van der Waals surface area contributed by atoms with Crippen LogP contribution in [0.25, 0.3) is 22.2 Å². The first-order valence-electron chi connectivity index (χ1n) is 14.7. The van der Waals surface area contributed by atoms with Crippen molar-refractivity contribution < 1.29 is 19.0 Å². The first-order valence-corrected chi connectivity index (χ1v) is 15.1. The SMILES string of the molecule is C=CC(=O)Nc1ccc(CCn2c(=O)c(-c3cc(OC)cc(OC)c3Cl)cc3cnc(NCCN4CCO[C@H](C)C4)nc32)cc1. The second-order valence-electron chi connectivity index (χ2n) is 10.7. The van der Waals surface area contributed by atoms with Crippen LogP contribution in [-0.2, 0) is 22.5 Å². The molecular formula is C33H37ClN6O5. The van der Waals surface area contributed by atoms with Crippen LogP contribution in [-0.4, -0.2) is 78.5 Å². The van der Waals surface area contributed by atoms with Crippen LogP contribution in [0.15, 0.2) is 66.1 Å². The number of rotatable bonds is 12. The number of carbonyl (C=O) groups excluding carboxylic acids is 1. The van der Waals surface area contributed by atoms with Crippen molar-refractivity contribution in [3.05, 3.63) is 82.3 Å². The maximum atomic E-state index is 14.2. The molecule has 5 rings (SSSR count). The van der Waals surface area contributed by atoms with Gasteiger partial charge in [0.05, 0.1) is 32.0 Å². The minimum atomic E-state index is -0.283. The minimum absolute atomic E-state index is 0.208. The van der Waals surface area contributed by atoms with Crippen LogP contribution in [0.5, 0.6) is 11.5 Å². The van der Waals surface area contributed by atoms with E-state index >= 15 is 0 Å². The molecule has 2 aromatic heterocycles. The molecule has 4 aromatic rings. The molecule has 0 aliphatic carbocycles. The molecule has 11 nitrogen and oxygen atoms in total. The van der Waals surface area contributed by atoms with Crippen molar-refractivity contribution in [1.82, 2.24) is 19.4 Å². The summed E-state index contributed by atoms with van der Waals surface area (Å²) in [7, 11) is 3.06. The largest absolute Gasteiger partial charge is 0.497 e. The average molecular weight is 633 g/mol. The summed E-state index contributed by atoms with van der Waals surface area (Å²) in [6.45, 7) is 9.84. The Morgan fingerprint density at radius 1 is 1.16 bits per heavy atom. The topological polar surface area (TPSA) is 120 Å². The van der Waals surface area contributed by atoms with Crippen molar-refractivity contribution in [3.63, 3.8) is 0 Å². The van der Waals surface area contributed by atoms with Crippen LogP contribution >= 0.6 is 11.6 Å². The summed E-state index contributed by atoms with van der Waals surface area (Å²) in [4.78, 5) is 37.5. The number of nitrogens with one attached hydrogen (secondary N) is 2. The number of fused-ring (bicyclic) bond motifs is 1. The van der Waals surface area contributed by atoms with Gasteiger partial charge in [-0.3, -0.25) is 19.1 Å². The Morgan fingerprint density at radius 3 is 2.67 bits per heavy atom. The van der Waals surface area contributed by atoms with Crippen molar-refractivity contribution in [3.8, 4) is 22.6 Å². The van der Waals surface area contributed by atoms with Crippen LogP contribution < -0.4 is 25.7 Å². The second kappa shape index (κ2) is 14.6. The summed E-state index contributed by atoms with van der Waals surface area (Å²) in [5.41, 5.74) is 2.73. The molecule has 0 saturated carbocycles. The molecule has 236 valence electrons. The van der Waals surface area contributed by atoms with Crippen molar-refractivity contribution >= 4 is 40.2 Å². The van der Waals surface area contributed by atoms with Crippen LogP contribution in [0.1, 0.15) is 12.5 Å². The smallest absolute Gasteiger partial charge is 0.260 e.